The zero-order valence-corrected chi connectivity index (χ0v) is 21.5. The number of hydrogen-bond acceptors (Lipinski definition) is 5. The fraction of sp³-hybridized carbons (Fsp3) is 0.464. The molecule has 0 aromatic heterocycles. The van der Waals surface area contributed by atoms with E-state index in [1.807, 2.05) is 0 Å². The molecule has 1 unspecified atom stereocenters. The number of nitrogens with zero attached hydrogens (tertiary/aromatic N) is 2. The van der Waals surface area contributed by atoms with Crippen LogP contribution in [0.5, 0.6) is 5.75 Å². The molecule has 1 aliphatic heterocycles. The van der Waals surface area contributed by atoms with Crippen LogP contribution in [0.2, 0.25) is 0 Å². The van der Waals surface area contributed by atoms with Crippen molar-refractivity contribution >= 4 is 17.5 Å². The van der Waals surface area contributed by atoms with Crippen LogP contribution in [-0.2, 0) is 29.3 Å². The van der Waals surface area contributed by atoms with Crippen molar-refractivity contribution in [3.05, 3.63) is 64.7 Å². The van der Waals surface area contributed by atoms with Crippen molar-refractivity contribution < 1.29 is 45.5 Å². The van der Waals surface area contributed by atoms with Gasteiger partial charge in [-0.2, -0.15) is 26.3 Å². The number of carbonyl (C=O) groups is 3. The van der Waals surface area contributed by atoms with E-state index >= 15 is 0 Å². The minimum absolute atomic E-state index is 0.0665. The Labute approximate surface area is 226 Å². The first-order chi connectivity index (χ1) is 18.8. The van der Waals surface area contributed by atoms with Crippen LogP contribution >= 0.6 is 0 Å². The molecule has 4 rings (SSSR count). The molecule has 6 nitrogen and oxygen atoms in total. The Kier molecular flexibility index (Phi) is 8.86. The highest BCUT2D eigenvalue weighted by Gasteiger charge is 2.40. The largest absolute Gasteiger partial charge is 0.489 e. The van der Waals surface area contributed by atoms with E-state index in [9.17, 15) is 40.7 Å². The molecule has 2 aromatic carbocycles. The number of halogens is 6. The molecule has 2 aliphatic rings. The first kappa shape index (κ1) is 29.6. The standard InChI is InChI=1S/C28H28F6N2O4/c29-27(30,31)10-12-35(13-11-28(32,33)34)15-18-4-6-19(7-5-18)17-40-25-3-1-2-21-22(25)16-36(26(21)39)23-9-8-20(37)14-24(23)38/h1-7,23H,8-17H2. The van der Waals surface area contributed by atoms with Crippen molar-refractivity contribution in [2.75, 3.05) is 13.1 Å². The molecule has 1 fully saturated rings. The Hall–Kier alpha value is -3.41. The van der Waals surface area contributed by atoms with Crippen LogP contribution in [0, 0.1) is 0 Å². The van der Waals surface area contributed by atoms with E-state index in [1.165, 1.54) is 4.90 Å². The van der Waals surface area contributed by atoms with Gasteiger partial charge < -0.3 is 9.64 Å². The quantitative estimate of drug-likeness (QED) is 0.274. The molecule has 1 saturated carbocycles. The number of rotatable bonds is 10. The predicted molar refractivity (Wildman–Crippen MR) is 131 cm³/mol. The number of amides is 1. The van der Waals surface area contributed by atoms with E-state index in [-0.39, 0.29) is 50.0 Å². The van der Waals surface area contributed by atoms with E-state index < -0.39 is 44.3 Å². The van der Waals surface area contributed by atoms with E-state index in [1.54, 1.807) is 42.5 Å². The Morgan fingerprint density at radius 3 is 2.10 bits per heavy atom. The lowest BCUT2D eigenvalue weighted by Crippen LogP contribution is -2.44. The molecule has 1 aliphatic carbocycles. The van der Waals surface area contributed by atoms with Crippen LogP contribution in [0.1, 0.15) is 59.2 Å². The predicted octanol–water partition coefficient (Wildman–Crippen LogP) is 5.62. The lowest BCUT2D eigenvalue weighted by Gasteiger charge is -2.29. The van der Waals surface area contributed by atoms with Gasteiger partial charge in [0, 0.05) is 37.2 Å². The Bertz CT molecular complexity index is 1220. The number of ether oxygens (including phenoxy) is 1. The number of benzene rings is 2. The Morgan fingerprint density at radius 2 is 1.50 bits per heavy atom. The lowest BCUT2D eigenvalue weighted by molar-refractivity contribution is -0.146. The number of carbonyl (C=O) groups excluding carboxylic acids is 3. The summed E-state index contributed by atoms with van der Waals surface area (Å²) in [5.74, 6) is -0.230. The Morgan fingerprint density at radius 1 is 0.875 bits per heavy atom. The van der Waals surface area contributed by atoms with Gasteiger partial charge in [-0.05, 0) is 29.7 Å². The molecule has 216 valence electrons. The average molecular weight is 571 g/mol. The third-order valence-electron chi connectivity index (χ3n) is 7.02. The molecule has 12 heteroatoms. The molecule has 0 radical (unpaired) electrons. The summed E-state index contributed by atoms with van der Waals surface area (Å²) >= 11 is 0. The zero-order valence-electron chi connectivity index (χ0n) is 21.5. The van der Waals surface area contributed by atoms with Gasteiger partial charge in [-0.3, -0.25) is 19.3 Å². The van der Waals surface area contributed by atoms with E-state index in [0.717, 1.165) is 4.90 Å². The number of alkyl halides is 6. The van der Waals surface area contributed by atoms with Gasteiger partial charge in [-0.1, -0.05) is 30.3 Å². The minimum atomic E-state index is -4.47. The molecule has 1 amide bonds. The van der Waals surface area contributed by atoms with Crippen molar-refractivity contribution in [3.8, 4) is 5.75 Å². The van der Waals surface area contributed by atoms with Crippen molar-refractivity contribution in [3.63, 3.8) is 0 Å². The SMILES string of the molecule is O=C1CCC(N2Cc3c(OCc4ccc(CN(CCC(F)(F)F)CCC(F)(F)F)cc4)cccc3C2=O)C(=O)C1. The highest BCUT2D eigenvalue weighted by Crippen LogP contribution is 2.34. The smallest absolute Gasteiger partial charge is 0.390 e. The molecule has 0 N–H and O–H groups in total. The van der Waals surface area contributed by atoms with Gasteiger partial charge in [0.2, 0.25) is 0 Å². The van der Waals surface area contributed by atoms with Gasteiger partial charge >= 0.3 is 12.4 Å². The minimum Gasteiger partial charge on any atom is -0.489 e. The molecular weight excluding hydrogens is 542 g/mol. The summed E-state index contributed by atoms with van der Waals surface area (Å²) in [5.41, 5.74) is 2.33. The summed E-state index contributed by atoms with van der Waals surface area (Å²) in [5, 5.41) is 0. The van der Waals surface area contributed by atoms with Gasteiger partial charge in [0.1, 0.15) is 18.1 Å². The lowest BCUT2D eigenvalue weighted by atomic mass is 9.92. The number of ketones is 2. The van der Waals surface area contributed by atoms with Crippen molar-refractivity contribution in [2.45, 2.75) is 70.2 Å². The van der Waals surface area contributed by atoms with Gasteiger partial charge in [0.05, 0.1) is 31.8 Å². The maximum Gasteiger partial charge on any atom is 0.390 e. The molecule has 2 aromatic rings. The number of Topliss-reactive ketones (excluding diaryl/α,β-unsaturated/α-hetero) is 2. The molecule has 0 spiro atoms. The van der Waals surface area contributed by atoms with E-state index in [2.05, 4.69) is 0 Å². The second kappa shape index (κ2) is 12.0. The van der Waals surface area contributed by atoms with Crippen LogP contribution in [-0.4, -0.2) is 58.8 Å². The molecule has 0 bridgehead atoms. The summed E-state index contributed by atoms with van der Waals surface area (Å²) in [7, 11) is 0. The fourth-order valence-corrected chi connectivity index (χ4v) is 4.90. The van der Waals surface area contributed by atoms with Crippen LogP contribution in [0.15, 0.2) is 42.5 Å². The molecule has 1 heterocycles. The van der Waals surface area contributed by atoms with Gasteiger partial charge in [0.25, 0.3) is 5.91 Å². The van der Waals surface area contributed by atoms with Gasteiger partial charge in [0.15, 0.2) is 5.78 Å². The first-order valence-electron chi connectivity index (χ1n) is 12.8. The maximum atomic E-state index is 13.0. The summed E-state index contributed by atoms with van der Waals surface area (Å²) in [4.78, 5) is 39.6. The van der Waals surface area contributed by atoms with Crippen LogP contribution in [0.25, 0.3) is 0 Å². The maximum absolute atomic E-state index is 13.0. The van der Waals surface area contributed by atoms with Crippen LogP contribution in [0.4, 0.5) is 26.3 Å². The second-order valence-corrected chi connectivity index (χ2v) is 10.1. The summed E-state index contributed by atoms with van der Waals surface area (Å²) in [6, 6.07) is 11.0. The Balaban J connectivity index is 1.37. The van der Waals surface area contributed by atoms with Gasteiger partial charge in [-0.25, -0.2) is 0 Å². The number of hydrogen-bond donors (Lipinski definition) is 0. The second-order valence-electron chi connectivity index (χ2n) is 10.1. The first-order valence-corrected chi connectivity index (χ1v) is 12.8. The molecule has 0 saturated heterocycles. The summed E-state index contributed by atoms with van der Waals surface area (Å²) in [6.07, 6.45) is -11.0. The number of fused-ring (bicyclic) bond motifs is 1. The normalized spacial score (nSPS) is 18.0. The highest BCUT2D eigenvalue weighted by atomic mass is 19.4. The van der Waals surface area contributed by atoms with Crippen LogP contribution in [0.3, 0.4) is 0 Å². The zero-order chi connectivity index (χ0) is 29.1. The van der Waals surface area contributed by atoms with Gasteiger partial charge in [-0.15, -0.1) is 0 Å². The van der Waals surface area contributed by atoms with Crippen molar-refractivity contribution in [1.82, 2.24) is 9.80 Å². The monoisotopic (exact) mass is 570 g/mol. The molecule has 40 heavy (non-hydrogen) atoms. The molecular formula is C28H28F6N2O4. The third kappa shape index (κ3) is 7.83. The van der Waals surface area contributed by atoms with Crippen molar-refractivity contribution in [1.29, 1.82) is 0 Å². The summed E-state index contributed by atoms with van der Waals surface area (Å²) < 4.78 is 81.8. The van der Waals surface area contributed by atoms with E-state index in [4.69, 9.17) is 4.74 Å². The fourth-order valence-electron chi connectivity index (χ4n) is 4.90. The van der Waals surface area contributed by atoms with Crippen molar-refractivity contribution in [2.24, 2.45) is 0 Å². The van der Waals surface area contributed by atoms with E-state index in [0.29, 0.717) is 34.4 Å². The summed E-state index contributed by atoms with van der Waals surface area (Å²) in [6.45, 7) is -0.861. The third-order valence-corrected chi connectivity index (χ3v) is 7.02. The topological polar surface area (TPSA) is 66.9 Å². The average Bonchev–Trinajstić information content (AvgIpc) is 3.21. The van der Waals surface area contributed by atoms with Crippen LogP contribution < -0.4 is 4.74 Å². The molecule has 1 atom stereocenters. The highest BCUT2D eigenvalue weighted by molar-refractivity contribution is 6.07.